The van der Waals surface area contributed by atoms with Gasteiger partial charge in [0.05, 0.1) is 30.8 Å². The first-order chi connectivity index (χ1) is 8.95. The molecule has 1 saturated heterocycles. The predicted octanol–water partition coefficient (Wildman–Crippen LogP) is 3.25. The maximum Gasteiger partial charge on any atom is 0.172 e. The summed E-state index contributed by atoms with van der Waals surface area (Å²) in [6, 6.07) is 5.72. The number of hydrogen-bond acceptors (Lipinski definition) is 3. The van der Waals surface area contributed by atoms with Gasteiger partial charge in [-0.15, -0.1) is 0 Å². The van der Waals surface area contributed by atoms with E-state index in [0.29, 0.717) is 11.3 Å². The summed E-state index contributed by atoms with van der Waals surface area (Å²) in [6.45, 7) is 8.07. The van der Waals surface area contributed by atoms with Gasteiger partial charge in [-0.2, -0.15) is 0 Å². The maximum absolute atomic E-state index is 12.8. The van der Waals surface area contributed by atoms with E-state index in [4.69, 9.17) is 9.47 Å². The fraction of sp³-hybridized carbons (Fsp3) is 0.562. The van der Waals surface area contributed by atoms with E-state index in [-0.39, 0.29) is 29.8 Å². The first-order valence-corrected chi connectivity index (χ1v) is 6.80. The van der Waals surface area contributed by atoms with E-state index in [2.05, 4.69) is 6.92 Å². The summed E-state index contributed by atoms with van der Waals surface area (Å²) in [7, 11) is 1.60. The van der Waals surface area contributed by atoms with Crippen molar-refractivity contribution in [2.45, 2.75) is 39.9 Å². The molecule has 4 unspecified atom stereocenters. The SMILES string of the molecule is COc1ccc(C)cc1C(=O)C1C(C)OC(C)C1C. The molecule has 0 N–H and O–H groups in total. The lowest BCUT2D eigenvalue weighted by atomic mass is 9.83. The van der Waals surface area contributed by atoms with Crippen LogP contribution in [-0.2, 0) is 4.74 Å². The van der Waals surface area contributed by atoms with Crippen LogP contribution in [0, 0.1) is 18.8 Å². The Labute approximate surface area is 114 Å². The third kappa shape index (κ3) is 2.52. The van der Waals surface area contributed by atoms with Gasteiger partial charge in [0.2, 0.25) is 0 Å². The van der Waals surface area contributed by atoms with Gasteiger partial charge in [0.25, 0.3) is 0 Å². The number of hydrogen-bond donors (Lipinski definition) is 0. The van der Waals surface area contributed by atoms with Crippen LogP contribution < -0.4 is 4.74 Å². The summed E-state index contributed by atoms with van der Waals surface area (Å²) < 4.78 is 11.1. The minimum absolute atomic E-state index is 0.0391. The molecule has 19 heavy (non-hydrogen) atoms. The number of Topliss-reactive ketones (excluding diaryl/α,β-unsaturated/α-hetero) is 1. The molecular formula is C16H22O3. The molecule has 0 radical (unpaired) electrons. The lowest BCUT2D eigenvalue weighted by Gasteiger charge is -2.19. The topological polar surface area (TPSA) is 35.5 Å². The zero-order valence-corrected chi connectivity index (χ0v) is 12.3. The molecule has 0 bridgehead atoms. The Balaban J connectivity index is 2.36. The van der Waals surface area contributed by atoms with Crippen LogP contribution in [0.3, 0.4) is 0 Å². The Morgan fingerprint density at radius 2 is 1.89 bits per heavy atom. The third-order valence-corrected chi connectivity index (χ3v) is 4.17. The van der Waals surface area contributed by atoms with Crippen LogP contribution in [0.2, 0.25) is 0 Å². The Morgan fingerprint density at radius 3 is 2.42 bits per heavy atom. The van der Waals surface area contributed by atoms with Crippen molar-refractivity contribution >= 4 is 5.78 Å². The van der Waals surface area contributed by atoms with Crippen LogP contribution in [0.15, 0.2) is 18.2 Å². The molecule has 1 aromatic rings. The highest BCUT2D eigenvalue weighted by Crippen LogP contribution is 2.36. The van der Waals surface area contributed by atoms with Crippen LogP contribution >= 0.6 is 0 Å². The van der Waals surface area contributed by atoms with E-state index in [1.165, 1.54) is 0 Å². The van der Waals surface area contributed by atoms with Crippen LogP contribution in [0.25, 0.3) is 0 Å². The van der Waals surface area contributed by atoms with Crippen molar-refractivity contribution in [3.8, 4) is 5.75 Å². The van der Waals surface area contributed by atoms with E-state index >= 15 is 0 Å². The van der Waals surface area contributed by atoms with Gasteiger partial charge in [-0.05, 0) is 38.8 Å². The molecule has 0 spiro atoms. The summed E-state index contributed by atoms with van der Waals surface area (Å²) in [5.41, 5.74) is 1.74. The lowest BCUT2D eigenvalue weighted by Crippen LogP contribution is -2.27. The van der Waals surface area contributed by atoms with Crippen molar-refractivity contribution < 1.29 is 14.3 Å². The number of ether oxygens (including phenoxy) is 2. The van der Waals surface area contributed by atoms with Gasteiger partial charge in [0.15, 0.2) is 5.78 Å². The number of carbonyl (C=O) groups excluding carboxylic acids is 1. The Kier molecular flexibility index (Phi) is 3.95. The molecule has 104 valence electrons. The molecule has 1 aliphatic heterocycles. The monoisotopic (exact) mass is 262 g/mol. The first kappa shape index (κ1) is 14.1. The van der Waals surface area contributed by atoms with Gasteiger partial charge >= 0.3 is 0 Å². The number of methoxy groups -OCH3 is 1. The number of ketones is 1. The molecular weight excluding hydrogens is 240 g/mol. The largest absolute Gasteiger partial charge is 0.496 e. The zero-order valence-electron chi connectivity index (χ0n) is 12.3. The van der Waals surface area contributed by atoms with Crippen molar-refractivity contribution in [1.29, 1.82) is 0 Å². The maximum atomic E-state index is 12.8. The molecule has 3 heteroatoms. The highest BCUT2D eigenvalue weighted by Gasteiger charge is 2.42. The molecule has 1 fully saturated rings. The number of carbonyl (C=O) groups is 1. The standard InChI is InChI=1S/C16H22O3/c1-9-6-7-14(18-5)13(8-9)16(17)15-10(2)11(3)19-12(15)4/h6-8,10-12,15H,1-5H3. The molecule has 0 aliphatic carbocycles. The molecule has 0 amide bonds. The van der Waals surface area contributed by atoms with Crippen molar-refractivity contribution in [1.82, 2.24) is 0 Å². The van der Waals surface area contributed by atoms with Crippen LogP contribution in [0.4, 0.5) is 0 Å². The molecule has 3 nitrogen and oxygen atoms in total. The molecule has 2 rings (SSSR count). The van der Waals surface area contributed by atoms with E-state index in [0.717, 1.165) is 5.56 Å². The van der Waals surface area contributed by atoms with E-state index in [9.17, 15) is 4.79 Å². The first-order valence-electron chi connectivity index (χ1n) is 6.80. The predicted molar refractivity (Wildman–Crippen MR) is 74.7 cm³/mol. The average Bonchev–Trinajstić information content (AvgIpc) is 2.62. The smallest absolute Gasteiger partial charge is 0.172 e. The van der Waals surface area contributed by atoms with E-state index < -0.39 is 0 Å². The average molecular weight is 262 g/mol. The summed E-state index contributed by atoms with van der Waals surface area (Å²) in [5.74, 6) is 0.915. The molecule has 0 saturated carbocycles. The highest BCUT2D eigenvalue weighted by molar-refractivity contribution is 6.01. The second kappa shape index (κ2) is 5.33. The van der Waals surface area contributed by atoms with Crippen molar-refractivity contribution in [3.63, 3.8) is 0 Å². The summed E-state index contributed by atoms with van der Waals surface area (Å²) in [4.78, 5) is 12.8. The Morgan fingerprint density at radius 1 is 1.21 bits per heavy atom. The normalized spacial score (nSPS) is 30.4. The second-order valence-electron chi connectivity index (χ2n) is 5.50. The fourth-order valence-corrected chi connectivity index (χ4v) is 2.91. The quantitative estimate of drug-likeness (QED) is 0.784. The highest BCUT2D eigenvalue weighted by atomic mass is 16.5. The minimum atomic E-state index is -0.0919. The Hall–Kier alpha value is -1.35. The van der Waals surface area contributed by atoms with E-state index in [1.807, 2.05) is 39.0 Å². The molecule has 1 aliphatic rings. The van der Waals surface area contributed by atoms with Gasteiger partial charge in [0, 0.05) is 0 Å². The molecule has 4 atom stereocenters. The molecule has 0 aromatic heterocycles. The van der Waals surface area contributed by atoms with Gasteiger partial charge < -0.3 is 9.47 Å². The summed E-state index contributed by atoms with van der Waals surface area (Å²) >= 11 is 0. The van der Waals surface area contributed by atoms with Crippen LogP contribution in [-0.4, -0.2) is 25.1 Å². The fourth-order valence-electron chi connectivity index (χ4n) is 2.91. The second-order valence-corrected chi connectivity index (χ2v) is 5.50. The number of aryl methyl sites for hydroxylation is 1. The van der Waals surface area contributed by atoms with Crippen molar-refractivity contribution in [2.24, 2.45) is 11.8 Å². The van der Waals surface area contributed by atoms with Gasteiger partial charge in [-0.3, -0.25) is 4.79 Å². The zero-order chi connectivity index (χ0) is 14.2. The molecule has 1 aromatic carbocycles. The third-order valence-electron chi connectivity index (χ3n) is 4.17. The van der Waals surface area contributed by atoms with Crippen LogP contribution in [0.1, 0.15) is 36.7 Å². The Bertz CT molecular complexity index is 481. The van der Waals surface area contributed by atoms with Crippen LogP contribution in [0.5, 0.6) is 5.75 Å². The number of benzene rings is 1. The molecule has 1 heterocycles. The van der Waals surface area contributed by atoms with Gasteiger partial charge in [-0.25, -0.2) is 0 Å². The van der Waals surface area contributed by atoms with Gasteiger partial charge in [0.1, 0.15) is 5.75 Å². The lowest BCUT2D eigenvalue weighted by molar-refractivity contribution is 0.0490. The van der Waals surface area contributed by atoms with Crippen molar-refractivity contribution in [3.05, 3.63) is 29.3 Å². The van der Waals surface area contributed by atoms with Gasteiger partial charge in [-0.1, -0.05) is 18.6 Å². The number of rotatable bonds is 3. The summed E-state index contributed by atoms with van der Waals surface area (Å²) in [6.07, 6.45) is 0.0856. The van der Waals surface area contributed by atoms with E-state index in [1.54, 1.807) is 7.11 Å². The summed E-state index contributed by atoms with van der Waals surface area (Å²) in [5, 5.41) is 0. The minimum Gasteiger partial charge on any atom is -0.496 e. The van der Waals surface area contributed by atoms with Crippen molar-refractivity contribution in [2.75, 3.05) is 7.11 Å².